The van der Waals surface area contributed by atoms with Crippen LogP contribution in [0, 0.1) is 5.92 Å². The van der Waals surface area contributed by atoms with E-state index >= 15 is 0 Å². The van der Waals surface area contributed by atoms with Crippen LogP contribution in [-0.2, 0) is 4.79 Å². The van der Waals surface area contributed by atoms with E-state index in [0.29, 0.717) is 18.2 Å². The fraction of sp³-hybridized carbons (Fsp3) is 0.556. The maximum absolute atomic E-state index is 12.6. The third kappa shape index (κ3) is 4.68. The van der Waals surface area contributed by atoms with Crippen LogP contribution < -0.4 is 5.73 Å². The van der Waals surface area contributed by atoms with Crippen molar-refractivity contribution in [2.75, 3.05) is 18.8 Å². The van der Waals surface area contributed by atoms with E-state index in [2.05, 4.69) is 23.8 Å². The zero-order chi connectivity index (χ0) is 17.1. The number of thioether (sulfide) groups is 1. The molecule has 0 spiro atoms. The van der Waals surface area contributed by atoms with Crippen molar-refractivity contribution < 1.29 is 4.79 Å². The average Bonchev–Trinajstić information content (AvgIpc) is 3.03. The van der Waals surface area contributed by atoms with Crippen molar-refractivity contribution in [3.63, 3.8) is 0 Å². The first-order chi connectivity index (χ1) is 11.6. The molecular weight excluding hydrogens is 356 g/mol. The largest absolute Gasteiger partial charge is 0.341 e. The van der Waals surface area contributed by atoms with Crippen LogP contribution in [0.3, 0.4) is 0 Å². The number of carbonyl (C=O) groups is 1. The minimum Gasteiger partial charge on any atom is -0.341 e. The molecule has 25 heavy (non-hydrogen) atoms. The van der Waals surface area contributed by atoms with Crippen molar-refractivity contribution in [1.29, 1.82) is 0 Å². The first-order valence-electron chi connectivity index (χ1n) is 8.64. The highest BCUT2D eigenvalue weighted by Crippen LogP contribution is 2.29. The van der Waals surface area contributed by atoms with Gasteiger partial charge in [0.25, 0.3) is 0 Å². The monoisotopic (exact) mass is 382 g/mol. The third-order valence-electron chi connectivity index (χ3n) is 4.82. The number of carbonyl (C=O) groups excluding carboxylic acids is 1. The van der Waals surface area contributed by atoms with Gasteiger partial charge in [0.2, 0.25) is 5.91 Å². The number of halogens is 1. The van der Waals surface area contributed by atoms with Crippen LogP contribution in [0.4, 0.5) is 0 Å². The number of piperidine rings is 1. The van der Waals surface area contributed by atoms with Crippen molar-refractivity contribution in [2.45, 2.75) is 38.0 Å². The van der Waals surface area contributed by atoms with Gasteiger partial charge in [-0.1, -0.05) is 19.1 Å². The number of hydrogen-bond donors (Lipinski definition) is 2. The number of amides is 1. The number of nitrogens with zero attached hydrogens (tertiary/aromatic N) is 2. The zero-order valence-electron chi connectivity index (χ0n) is 14.8. The molecule has 0 bridgehead atoms. The van der Waals surface area contributed by atoms with Gasteiger partial charge in [0, 0.05) is 19.1 Å². The topological polar surface area (TPSA) is 75.0 Å². The fourth-order valence-electron chi connectivity index (χ4n) is 3.33. The van der Waals surface area contributed by atoms with E-state index < -0.39 is 0 Å². The molecule has 1 aromatic carbocycles. The van der Waals surface area contributed by atoms with Crippen LogP contribution in [-0.4, -0.2) is 45.7 Å². The van der Waals surface area contributed by atoms with E-state index in [0.717, 1.165) is 36.2 Å². The summed E-state index contributed by atoms with van der Waals surface area (Å²) in [7, 11) is 0. The molecule has 7 heteroatoms. The van der Waals surface area contributed by atoms with Gasteiger partial charge in [-0.15, -0.1) is 24.2 Å². The van der Waals surface area contributed by atoms with E-state index in [1.54, 1.807) is 11.8 Å². The Morgan fingerprint density at radius 1 is 1.48 bits per heavy atom. The average molecular weight is 383 g/mol. The summed E-state index contributed by atoms with van der Waals surface area (Å²) < 4.78 is 0. The normalized spacial score (nSPS) is 21.8. The van der Waals surface area contributed by atoms with Crippen LogP contribution in [0.5, 0.6) is 0 Å². The van der Waals surface area contributed by atoms with Gasteiger partial charge in [0.1, 0.15) is 5.82 Å². The van der Waals surface area contributed by atoms with Gasteiger partial charge >= 0.3 is 0 Å². The minimum atomic E-state index is 0. The van der Waals surface area contributed by atoms with Crippen LogP contribution in [0.1, 0.15) is 37.8 Å². The number of nitrogens with two attached hydrogens (primary N) is 1. The second-order valence-corrected chi connectivity index (χ2v) is 8.03. The highest BCUT2D eigenvalue weighted by atomic mass is 35.5. The molecule has 0 saturated carbocycles. The first-order valence-corrected chi connectivity index (χ1v) is 9.69. The number of nitrogens with one attached hydrogen (secondary N) is 1. The predicted octanol–water partition coefficient (Wildman–Crippen LogP) is 3.36. The fourth-order valence-corrected chi connectivity index (χ4v) is 4.15. The zero-order valence-corrected chi connectivity index (χ0v) is 16.4. The first kappa shape index (κ1) is 20.1. The molecule has 1 aromatic heterocycles. The Labute approximate surface area is 159 Å². The Hall–Kier alpha value is -1.24. The Morgan fingerprint density at radius 2 is 2.24 bits per heavy atom. The Morgan fingerprint density at radius 3 is 2.96 bits per heavy atom. The number of H-pyrrole nitrogens is 1. The summed E-state index contributed by atoms with van der Waals surface area (Å²) in [5, 5.41) is 0.154. The Bertz CT molecular complexity index is 674. The second kappa shape index (κ2) is 8.92. The third-order valence-corrected chi connectivity index (χ3v) is 5.96. The van der Waals surface area contributed by atoms with Crippen molar-refractivity contribution in [3.05, 3.63) is 30.1 Å². The van der Waals surface area contributed by atoms with Gasteiger partial charge in [0.05, 0.1) is 22.0 Å². The molecule has 1 saturated heterocycles. The number of para-hydroxylation sites is 2. The van der Waals surface area contributed by atoms with E-state index in [4.69, 9.17) is 5.73 Å². The van der Waals surface area contributed by atoms with Gasteiger partial charge in [-0.25, -0.2) is 4.98 Å². The van der Waals surface area contributed by atoms with Crippen molar-refractivity contribution in [3.8, 4) is 0 Å². The number of aromatic nitrogens is 2. The van der Waals surface area contributed by atoms with Crippen LogP contribution in [0.15, 0.2) is 24.3 Å². The molecule has 3 N–H and O–H groups in total. The number of benzene rings is 1. The molecule has 1 aliphatic rings. The summed E-state index contributed by atoms with van der Waals surface area (Å²) in [6.07, 6.45) is 2.10. The van der Waals surface area contributed by atoms with Gasteiger partial charge < -0.3 is 15.6 Å². The molecule has 2 aromatic rings. The highest BCUT2D eigenvalue weighted by molar-refractivity contribution is 8.00. The molecule has 138 valence electrons. The summed E-state index contributed by atoms with van der Waals surface area (Å²) in [6.45, 7) is 5.72. The summed E-state index contributed by atoms with van der Waals surface area (Å²) in [6, 6.07) is 8.20. The van der Waals surface area contributed by atoms with Gasteiger partial charge in [-0.05, 0) is 37.8 Å². The lowest BCUT2D eigenvalue weighted by Crippen LogP contribution is -2.49. The molecule has 1 fully saturated rings. The van der Waals surface area contributed by atoms with E-state index in [1.807, 2.05) is 29.2 Å². The summed E-state index contributed by atoms with van der Waals surface area (Å²) in [4.78, 5) is 22.6. The van der Waals surface area contributed by atoms with E-state index in [9.17, 15) is 4.79 Å². The number of likely N-dealkylation sites (tertiary alicyclic amines) is 1. The lowest BCUT2D eigenvalue weighted by Gasteiger charge is -2.38. The van der Waals surface area contributed by atoms with Crippen LogP contribution >= 0.6 is 24.2 Å². The van der Waals surface area contributed by atoms with Gasteiger partial charge in [-0.2, -0.15) is 0 Å². The molecule has 3 unspecified atom stereocenters. The van der Waals surface area contributed by atoms with Crippen LogP contribution in [0.2, 0.25) is 0 Å². The number of aromatic amines is 1. The van der Waals surface area contributed by atoms with Gasteiger partial charge in [-0.3, -0.25) is 4.79 Å². The lowest BCUT2D eigenvalue weighted by molar-refractivity contribution is -0.132. The summed E-state index contributed by atoms with van der Waals surface area (Å²) in [5.41, 5.74) is 7.88. The van der Waals surface area contributed by atoms with Crippen molar-refractivity contribution >= 4 is 41.1 Å². The second-order valence-electron chi connectivity index (χ2n) is 6.70. The molecule has 3 atom stereocenters. The number of rotatable bonds is 5. The van der Waals surface area contributed by atoms with Crippen LogP contribution in [0.25, 0.3) is 11.0 Å². The quantitative estimate of drug-likeness (QED) is 0.831. The highest BCUT2D eigenvalue weighted by Gasteiger charge is 2.29. The van der Waals surface area contributed by atoms with E-state index in [1.165, 1.54) is 0 Å². The van der Waals surface area contributed by atoms with Crippen molar-refractivity contribution in [2.24, 2.45) is 11.7 Å². The Balaban J connectivity index is 0.00000225. The maximum atomic E-state index is 12.6. The molecule has 0 radical (unpaired) electrons. The SMILES string of the molecule is CC1CCN(C(=O)CSC(C)c2nc3ccccc3[nH]2)C(CN)C1.Cl. The molecule has 5 nitrogen and oxygen atoms in total. The standard InChI is InChI=1S/C18H26N4OS.ClH/c1-12-7-8-22(14(9-12)10-19)17(23)11-24-13(2)18-20-15-5-3-4-6-16(15)21-18;/h3-6,12-14H,7-11,19H2,1-2H3,(H,20,21);1H. The van der Waals surface area contributed by atoms with E-state index in [-0.39, 0.29) is 29.6 Å². The molecule has 2 heterocycles. The molecule has 1 aliphatic heterocycles. The molecular formula is C18H27ClN4OS. The van der Waals surface area contributed by atoms with Crippen molar-refractivity contribution in [1.82, 2.24) is 14.9 Å². The summed E-state index contributed by atoms with van der Waals surface area (Å²) >= 11 is 1.63. The predicted molar refractivity (Wildman–Crippen MR) is 107 cm³/mol. The summed E-state index contributed by atoms with van der Waals surface area (Å²) in [5.74, 6) is 2.26. The minimum absolute atomic E-state index is 0. The number of fused-ring (bicyclic) bond motifs is 1. The smallest absolute Gasteiger partial charge is 0.232 e. The molecule has 0 aliphatic carbocycles. The molecule has 3 rings (SSSR count). The maximum Gasteiger partial charge on any atom is 0.232 e. The molecule has 1 amide bonds. The Kier molecular flexibility index (Phi) is 7.16. The number of imidazole rings is 1. The lowest BCUT2D eigenvalue weighted by atomic mass is 9.92. The van der Waals surface area contributed by atoms with Gasteiger partial charge in [0.15, 0.2) is 0 Å². The number of hydrogen-bond acceptors (Lipinski definition) is 4.